The molecule has 17 aliphatic rings. The summed E-state index contributed by atoms with van der Waals surface area (Å²) in [6.07, 6.45) is 30.8. The van der Waals surface area contributed by atoms with Gasteiger partial charge in [0.2, 0.25) is 0 Å². The van der Waals surface area contributed by atoms with Gasteiger partial charge in [0.15, 0.2) is 0 Å². The highest BCUT2D eigenvalue weighted by molar-refractivity contribution is 5.64. The first-order chi connectivity index (χ1) is 26.2. The summed E-state index contributed by atoms with van der Waals surface area (Å²) in [4.78, 5) is 3.16. The van der Waals surface area contributed by atoms with E-state index in [4.69, 9.17) is 0 Å². The van der Waals surface area contributed by atoms with Gasteiger partial charge in [-0.2, -0.15) is 0 Å². The Morgan fingerprint density at radius 1 is 0.509 bits per heavy atom. The van der Waals surface area contributed by atoms with E-state index in [0.717, 1.165) is 77.1 Å². The predicted molar refractivity (Wildman–Crippen MR) is 208 cm³/mol. The molecule has 0 radical (unpaired) electrons. The van der Waals surface area contributed by atoms with Crippen LogP contribution in [-0.2, 0) is 0 Å². The van der Waals surface area contributed by atoms with Crippen LogP contribution in [0, 0.1) is 153 Å². The standard InChI is InChI=1S/C52H67N/c1-3-4-5-6-7-8-9-10-32-52-31-20-19-30-28-17-15-26-24-13-11-22-23-12-14-25-27-16-18-29(31)40-38(27)43-36(25)34(23)41-33(22)35(24)42-37(26)39(28)49(51(30,52)21-53(32)2)47-45(42)44(41)46(43)48(47)50(40)52/h19-20,22-27,32-50H,3-18,21H2,1-2H3. The van der Waals surface area contributed by atoms with Gasteiger partial charge in [0.25, 0.3) is 0 Å². The Morgan fingerprint density at radius 3 is 1.62 bits per heavy atom. The van der Waals surface area contributed by atoms with E-state index in [9.17, 15) is 0 Å². The zero-order valence-electron chi connectivity index (χ0n) is 33.1. The molecule has 0 amide bonds. The molecule has 0 N–H and O–H groups in total. The van der Waals surface area contributed by atoms with E-state index in [0.29, 0.717) is 10.8 Å². The lowest BCUT2D eigenvalue weighted by molar-refractivity contribution is -0.190. The van der Waals surface area contributed by atoms with E-state index in [1.807, 2.05) is 0 Å². The second kappa shape index (κ2) is 8.92. The molecule has 1 aliphatic heterocycles. The summed E-state index contributed by atoms with van der Waals surface area (Å²) < 4.78 is 0. The van der Waals surface area contributed by atoms with Gasteiger partial charge in [0.1, 0.15) is 0 Å². The van der Waals surface area contributed by atoms with Crippen molar-refractivity contribution >= 4 is 0 Å². The van der Waals surface area contributed by atoms with Gasteiger partial charge in [0, 0.05) is 23.4 Å². The van der Waals surface area contributed by atoms with Crippen LogP contribution >= 0.6 is 0 Å². The molecule has 17 rings (SSSR count). The van der Waals surface area contributed by atoms with Crippen molar-refractivity contribution in [2.24, 2.45) is 153 Å². The van der Waals surface area contributed by atoms with E-state index in [-0.39, 0.29) is 0 Å². The van der Waals surface area contributed by atoms with E-state index in [1.165, 1.54) is 142 Å². The molecule has 1 saturated heterocycles. The Kier molecular flexibility index (Phi) is 4.95. The minimum Gasteiger partial charge on any atom is -0.302 e. The normalized spacial score (nSPS) is 68.5. The molecule has 13 saturated carbocycles. The average Bonchev–Trinajstić information content (AvgIpc) is 4.01. The van der Waals surface area contributed by atoms with Crippen molar-refractivity contribution in [1.82, 2.24) is 4.90 Å². The highest BCUT2D eigenvalue weighted by Crippen LogP contribution is 2.95. The molecular formula is C52H67N. The van der Waals surface area contributed by atoms with Gasteiger partial charge < -0.3 is 4.90 Å². The smallest absolute Gasteiger partial charge is 0.0257 e. The van der Waals surface area contributed by atoms with Crippen molar-refractivity contribution in [2.45, 2.75) is 116 Å². The van der Waals surface area contributed by atoms with Crippen LogP contribution in [0.3, 0.4) is 0 Å². The van der Waals surface area contributed by atoms with Crippen molar-refractivity contribution in [3.63, 3.8) is 0 Å². The molecule has 280 valence electrons. The maximum atomic E-state index is 3.16. The molecule has 0 aromatic carbocycles. The van der Waals surface area contributed by atoms with Crippen molar-refractivity contribution in [2.75, 3.05) is 13.6 Å². The van der Waals surface area contributed by atoms with Crippen LogP contribution in [0.15, 0.2) is 34.4 Å². The minimum atomic E-state index is 0.471. The third kappa shape index (κ3) is 2.53. The number of unbranched alkanes of at least 4 members (excludes halogenated alkanes) is 6. The Balaban J connectivity index is 0.942. The summed E-state index contributed by atoms with van der Waals surface area (Å²) in [5.41, 5.74) is 9.42. The first-order valence-corrected chi connectivity index (χ1v) is 25.1. The highest BCUT2D eigenvalue weighted by Gasteiger charge is 2.92. The predicted octanol–water partition coefficient (Wildman–Crippen LogP) is 10.7. The maximum Gasteiger partial charge on any atom is 0.0257 e. The Labute approximate surface area is 320 Å². The molecule has 1 heteroatoms. The molecule has 16 aliphatic carbocycles. The lowest BCUT2D eigenvalue weighted by Crippen LogP contribution is -2.68. The third-order valence-electron chi connectivity index (χ3n) is 25.6. The Bertz CT molecular complexity index is 1870. The molecule has 27 unspecified atom stereocenters. The maximum absolute atomic E-state index is 3.16. The van der Waals surface area contributed by atoms with Crippen LogP contribution in [0.4, 0.5) is 0 Å². The second-order valence-electron chi connectivity index (χ2n) is 24.8. The molecule has 1 nitrogen and oxygen atoms in total. The molecule has 0 aromatic heterocycles. The summed E-state index contributed by atoms with van der Waals surface area (Å²) in [5.74, 6) is 27.3. The average molecular weight is 706 g/mol. The summed E-state index contributed by atoms with van der Waals surface area (Å²) >= 11 is 0. The first kappa shape index (κ1) is 29.4. The first-order valence-electron chi connectivity index (χ1n) is 25.1. The SMILES string of the molecule is CCCCCCCCCC1N(C)CC23C4=C5CCC6C7CCC8C9CCC%10C%11CCC%12=C(C=C4)C12C1C%12C%11C2C%10C9C4C8C7C7C6C5C3C3C7C4C2C31. The number of rotatable bonds is 8. The third-order valence-corrected chi connectivity index (χ3v) is 25.6. The molecule has 14 fully saturated rings. The van der Waals surface area contributed by atoms with Gasteiger partial charge in [-0.15, -0.1) is 0 Å². The van der Waals surface area contributed by atoms with E-state index in [1.54, 1.807) is 38.5 Å². The van der Waals surface area contributed by atoms with Crippen molar-refractivity contribution in [3.05, 3.63) is 34.4 Å². The van der Waals surface area contributed by atoms with Gasteiger partial charge in [-0.1, -0.05) is 75.2 Å². The van der Waals surface area contributed by atoms with Gasteiger partial charge in [-0.25, -0.2) is 0 Å². The van der Waals surface area contributed by atoms with Gasteiger partial charge in [-0.05, 0) is 218 Å². The summed E-state index contributed by atoms with van der Waals surface area (Å²) in [6.45, 7) is 3.84. The van der Waals surface area contributed by atoms with E-state index in [2.05, 4.69) is 53.3 Å². The lowest BCUT2D eigenvalue weighted by atomic mass is 9.34. The molecular weight excluding hydrogens is 639 g/mol. The summed E-state index contributed by atoms with van der Waals surface area (Å²) in [5, 5.41) is 0. The fourth-order valence-electron chi connectivity index (χ4n) is 26.8. The molecule has 0 bridgehead atoms. The van der Waals surface area contributed by atoms with Crippen molar-refractivity contribution < 1.29 is 0 Å². The molecule has 0 aromatic rings. The van der Waals surface area contributed by atoms with Crippen LogP contribution < -0.4 is 0 Å². The van der Waals surface area contributed by atoms with Gasteiger partial charge in [0.05, 0.1) is 0 Å². The minimum absolute atomic E-state index is 0.471. The molecule has 27 atom stereocenters. The lowest BCUT2D eigenvalue weighted by Gasteiger charge is -2.69. The van der Waals surface area contributed by atoms with Crippen LogP contribution in [0.2, 0.25) is 0 Å². The Hall–Kier alpha value is -0.820. The fraction of sp³-hybridized carbons (Fsp3) is 0.885. The van der Waals surface area contributed by atoms with Crippen LogP contribution in [-0.4, -0.2) is 24.5 Å². The number of hydrogen-bond acceptors (Lipinski definition) is 1. The number of hydrogen-bond donors (Lipinski definition) is 0. The zero-order valence-corrected chi connectivity index (χ0v) is 33.1. The quantitative estimate of drug-likeness (QED) is 0.227. The number of fused-ring (bicyclic) bond motifs is 3. The topological polar surface area (TPSA) is 3.24 Å². The van der Waals surface area contributed by atoms with Crippen molar-refractivity contribution in [3.8, 4) is 0 Å². The number of nitrogens with zero attached hydrogens (tertiary/aromatic N) is 1. The van der Waals surface area contributed by atoms with E-state index >= 15 is 0 Å². The fourth-order valence-corrected chi connectivity index (χ4v) is 26.8. The van der Waals surface area contributed by atoms with Gasteiger partial charge in [-0.3, -0.25) is 0 Å². The monoisotopic (exact) mass is 706 g/mol. The Morgan fingerprint density at radius 2 is 0.981 bits per heavy atom. The summed E-state index contributed by atoms with van der Waals surface area (Å²) in [6, 6.07) is 0.819. The van der Waals surface area contributed by atoms with Gasteiger partial charge >= 0.3 is 0 Å². The number of allylic oxidation sites excluding steroid dienone is 4. The van der Waals surface area contributed by atoms with Crippen LogP contribution in [0.1, 0.15) is 110 Å². The van der Waals surface area contributed by atoms with Crippen LogP contribution in [0.25, 0.3) is 0 Å². The zero-order chi connectivity index (χ0) is 33.8. The van der Waals surface area contributed by atoms with E-state index < -0.39 is 0 Å². The molecule has 53 heavy (non-hydrogen) atoms. The summed E-state index contributed by atoms with van der Waals surface area (Å²) in [7, 11) is 2.72. The largest absolute Gasteiger partial charge is 0.302 e. The molecule has 2 spiro atoms. The van der Waals surface area contributed by atoms with Crippen molar-refractivity contribution in [1.29, 1.82) is 0 Å². The molecule has 1 heterocycles. The second-order valence-corrected chi connectivity index (χ2v) is 24.8. The highest BCUT2D eigenvalue weighted by atomic mass is 15.2. The number of likely N-dealkylation sites (tertiary alicyclic amines) is 1. The van der Waals surface area contributed by atoms with Crippen LogP contribution in [0.5, 0.6) is 0 Å².